The van der Waals surface area contributed by atoms with E-state index in [9.17, 15) is 19.5 Å². The fourth-order valence-corrected chi connectivity index (χ4v) is 6.19. The van der Waals surface area contributed by atoms with Crippen molar-refractivity contribution in [2.24, 2.45) is 11.8 Å². The minimum Gasteiger partial charge on any atom is -0.480 e. The second kappa shape index (κ2) is 6.05. The first-order valence-corrected chi connectivity index (χ1v) is 10.4. The van der Waals surface area contributed by atoms with Crippen molar-refractivity contribution in [2.45, 2.75) is 11.3 Å². The molecule has 0 spiro atoms. The number of nitrogens with zero attached hydrogens (tertiary/aromatic N) is 1. The number of aliphatic carboxylic acids is 1. The molecule has 2 atom stereocenters. The molecule has 4 aliphatic rings. The Balaban J connectivity index is 1.68. The van der Waals surface area contributed by atoms with Gasteiger partial charge in [-0.25, -0.2) is 4.90 Å². The largest absolute Gasteiger partial charge is 0.480 e. The van der Waals surface area contributed by atoms with Crippen molar-refractivity contribution in [3.8, 4) is 0 Å². The van der Waals surface area contributed by atoms with Crippen LogP contribution in [0, 0.1) is 11.8 Å². The summed E-state index contributed by atoms with van der Waals surface area (Å²) in [5.74, 6) is -4.17. The van der Waals surface area contributed by atoms with E-state index < -0.39 is 29.1 Å². The number of halogens is 1. The molecule has 3 aliphatic carbocycles. The molecule has 3 aromatic rings. The van der Waals surface area contributed by atoms with E-state index in [0.29, 0.717) is 21.8 Å². The Bertz CT molecular complexity index is 1270. The number of rotatable bonds is 2. The van der Waals surface area contributed by atoms with Crippen molar-refractivity contribution in [2.75, 3.05) is 4.90 Å². The molecule has 2 bridgehead atoms. The van der Waals surface area contributed by atoms with E-state index in [0.717, 1.165) is 16.0 Å². The average Bonchev–Trinajstić information content (AvgIpc) is 3.04. The Morgan fingerprint density at radius 2 is 1.48 bits per heavy atom. The van der Waals surface area contributed by atoms with Crippen molar-refractivity contribution in [3.63, 3.8) is 0 Å². The molecule has 1 N–H and O–H groups in total. The molecular formula is C25H16ClNO4. The summed E-state index contributed by atoms with van der Waals surface area (Å²) in [5, 5.41) is 11.1. The quantitative estimate of drug-likeness (QED) is 0.625. The molecule has 1 fully saturated rings. The van der Waals surface area contributed by atoms with Gasteiger partial charge in [-0.2, -0.15) is 0 Å². The maximum atomic E-state index is 13.8. The third-order valence-electron chi connectivity index (χ3n) is 7.02. The van der Waals surface area contributed by atoms with Gasteiger partial charge in [0.15, 0.2) is 0 Å². The highest BCUT2D eigenvalue weighted by Gasteiger charge is 2.71. The summed E-state index contributed by atoms with van der Waals surface area (Å²) in [6.07, 6.45) is 0. The predicted octanol–water partition coefficient (Wildman–Crippen LogP) is 3.98. The first kappa shape index (κ1) is 18.3. The van der Waals surface area contributed by atoms with E-state index in [1.54, 1.807) is 48.5 Å². The van der Waals surface area contributed by atoms with E-state index in [1.165, 1.54) is 0 Å². The molecule has 6 heteroatoms. The number of anilines is 1. The lowest BCUT2D eigenvalue weighted by molar-refractivity contribution is -0.149. The van der Waals surface area contributed by atoms with Gasteiger partial charge in [-0.3, -0.25) is 14.4 Å². The van der Waals surface area contributed by atoms with Crippen LogP contribution in [0.5, 0.6) is 0 Å². The highest BCUT2D eigenvalue weighted by molar-refractivity contribution is 6.31. The van der Waals surface area contributed by atoms with E-state index in [1.807, 2.05) is 24.3 Å². The number of carbonyl (C=O) groups excluding carboxylic acids is 2. The molecule has 1 heterocycles. The summed E-state index contributed by atoms with van der Waals surface area (Å²) in [7, 11) is 0. The molecule has 0 radical (unpaired) electrons. The van der Waals surface area contributed by atoms with Gasteiger partial charge in [0, 0.05) is 10.9 Å². The van der Waals surface area contributed by atoms with Crippen LogP contribution in [0.1, 0.15) is 28.2 Å². The Morgan fingerprint density at radius 3 is 2.06 bits per heavy atom. The van der Waals surface area contributed by atoms with Gasteiger partial charge in [0.2, 0.25) is 11.8 Å². The summed E-state index contributed by atoms with van der Waals surface area (Å²) >= 11 is 6.12. The van der Waals surface area contributed by atoms with Gasteiger partial charge in [-0.05, 0) is 40.5 Å². The minimum absolute atomic E-state index is 0.366. The van der Waals surface area contributed by atoms with Gasteiger partial charge in [0.25, 0.3) is 0 Å². The van der Waals surface area contributed by atoms with Crippen molar-refractivity contribution < 1.29 is 19.5 Å². The molecular weight excluding hydrogens is 414 g/mol. The van der Waals surface area contributed by atoms with Crippen LogP contribution in [0.4, 0.5) is 5.69 Å². The molecule has 7 rings (SSSR count). The fraction of sp³-hybridized carbons (Fsp3) is 0.160. The smallest absolute Gasteiger partial charge is 0.319 e. The van der Waals surface area contributed by atoms with E-state index >= 15 is 0 Å². The van der Waals surface area contributed by atoms with Crippen LogP contribution in [0.15, 0.2) is 72.8 Å². The van der Waals surface area contributed by atoms with Gasteiger partial charge >= 0.3 is 5.97 Å². The normalized spacial score (nSPS) is 27.6. The summed E-state index contributed by atoms with van der Waals surface area (Å²) in [6, 6.07) is 21.1. The highest BCUT2D eigenvalue weighted by atomic mass is 35.5. The monoisotopic (exact) mass is 429 g/mol. The number of hydrogen-bond donors (Lipinski definition) is 1. The summed E-state index contributed by atoms with van der Waals surface area (Å²) in [5.41, 5.74) is 1.55. The Kier molecular flexibility index (Phi) is 3.58. The van der Waals surface area contributed by atoms with Gasteiger partial charge < -0.3 is 5.11 Å². The summed E-state index contributed by atoms with van der Waals surface area (Å²) < 4.78 is 0. The standard InChI is InChI=1S/C25H16ClNO4/c26-13-6-5-7-14(12-13)27-22(28)20-19-15-8-1-3-10-17(15)25(24(30)31,21(20)23(27)29)18-11-4-2-9-16(18)19/h1-12,19-21H,(H,30,31)/t19?,20-,21-,25?/m0/s1. The first-order valence-electron chi connectivity index (χ1n) is 10.0. The second-order valence-corrected chi connectivity index (χ2v) is 8.70. The zero-order valence-electron chi connectivity index (χ0n) is 16.2. The third kappa shape index (κ3) is 2.04. The van der Waals surface area contributed by atoms with Crippen LogP contribution < -0.4 is 4.90 Å². The Morgan fingerprint density at radius 1 is 0.871 bits per heavy atom. The highest BCUT2D eigenvalue weighted by Crippen LogP contribution is 2.64. The number of carboxylic acid groups (broad SMARTS) is 1. The molecule has 0 unspecified atom stereocenters. The van der Waals surface area contributed by atoms with Gasteiger partial charge in [-0.15, -0.1) is 0 Å². The number of benzene rings is 3. The van der Waals surface area contributed by atoms with Crippen LogP contribution >= 0.6 is 11.6 Å². The van der Waals surface area contributed by atoms with Gasteiger partial charge in [0.05, 0.1) is 17.5 Å². The van der Waals surface area contributed by atoms with Crippen molar-refractivity contribution in [3.05, 3.63) is 100 Å². The lowest BCUT2D eigenvalue weighted by Gasteiger charge is -2.51. The molecule has 1 aliphatic heterocycles. The maximum Gasteiger partial charge on any atom is 0.319 e. The van der Waals surface area contributed by atoms with Crippen molar-refractivity contribution in [1.29, 1.82) is 0 Å². The van der Waals surface area contributed by atoms with Crippen LogP contribution in [-0.2, 0) is 19.8 Å². The lowest BCUT2D eigenvalue weighted by Crippen LogP contribution is -2.57. The molecule has 2 amide bonds. The topological polar surface area (TPSA) is 74.7 Å². The fourth-order valence-electron chi connectivity index (χ4n) is 6.00. The third-order valence-corrected chi connectivity index (χ3v) is 7.26. The van der Waals surface area contributed by atoms with Crippen LogP contribution in [0.3, 0.4) is 0 Å². The average molecular weight is 430 g/mol. The number of imide groups is 1. The molecule has 31 heavy (non-hydrogen) atoms. The second-order valence-electron chi connectivity index (χ2n) is 8.26. The number of hydrogen-bond acceptors (Lipinski definition) is 3. The lowest BCUT2D eigenvalue weighted by atomic mass is 9.47. The number of carbonyl (C=O) groups is 3. The van der Waals surface area contributed by atoms with Gasteiger partial charge in [-0.1, -0.05) is 66.2 Å². The minimum atomic E-state index is -1.62. The Labute approximate surface area is 182 Å². The summed E-state index contributed by atoms with van der Waals surface area (Å²) in [4.78, 5) is 41.7. The molecule has 3 aromatic carbocycles. The summed E-state index contributed by atoms with van der Waals surface area (Å²) in [6.45, 7) is 0. The van der Waals surface area contributed by atoms with Crippen molar-refractivity contribution >= 4 is 35.1 Å². The number of carboxylic acids is 1. The SMILES string of the molecule is O=C1[C@@H]2[C@@H](C(=O)N1c1cccc(Cl)c1)C1c3ccccc3C2(C(=O)O)c2ccccc21. The van der Waals surface area contributed by atoms with Crippen LogP contribution in [-0.4, -0.2) is 22.9 Å². The molecule has 0 saturated carbocycles. The maximum absolute atomic E-state index is 13.8. The van der Waals surface area contributed by atoms with Gasteiger partial charge in [0.1, 0.15) is 5.41 Å². The van der Waals surface area contributed by atoms with Crippen LogP contribution in [0.2, 0.25) is 5.02 Å². The Hall–Kier alpha value is -3.44. The molecule has 5 nitrogen and oxygen atoms in total. The molecule has 152 valence electrons. The first-order chi connectivity index (χ1) is 15.0. The van der Waals surface area contributed by atoms with E-state index in [2.05, 4.69) is 0 Å². The predicted molar refractivity (Wildman–Crippen MR) is 114 cm³/mol. The van der Waals surface area contributed by atoms with Crippen molar-refractivity contribution in [1.82, 2.24) is 0 Å². The molecule has 0 aromatic heterocycles. The molecule has 1 saturated heterocycles. The zero-order chi connectivity index (χ0) is 21.5. The van der Waals surface area contributed by atoms with E-state index in [-0.39, 0.29) is 11.8 Å². The zero-order valence-corrected chi connectivity index (χ0v) is 16.9. The van der Waals surface area contributed by atoms with Crippen LogP contribution in [0.25, 0.3) is 0 Å². The van der Waals surface area contributed by atoms with E-state index in [4.69, 9.17) is 11.6 Å². The number of amides is 2.